The van der Waals surface area contributed by atoms with Crippen molar-refractivity contribution in [2.75, 3.05) is 0 Å². The van der Waals surface area contributed by atoms with Crippen LogP contribution in [0.2, 0.25) is 0 Å². The zero-order valence-corrected chi connectivity index (χ0v) is 18.2. The van der Waals surface area contributed by atoms with Crippen molar-refractivity contribution < 1.29 is 34.2 Å². The minimum Gasteiger partial charge on any atom is -0.744 e. The monoisotopic (exact) mass is 502 g/mol. The van der Waals surface area contributed by atoms with Crippen LogP contribution in [0.25, 0.3) is 10.8 Å². The number of halogens is 1. The Balaban J connectivity index is 0.000000178. The molecule has 0 aromatic heterocycles. The highest BCUT2D eigenvalue weighted by Gasteiger charge is 2.17. The molecular weight excluding hydrogens is 483 g/mol. The highest BCUT2D eigenvalue weighted by Crippen LogP contribution is 2.12. The molecule has 0 atom stereocenters. The number of fused-ring (bicyclic) bond motifs is 1. The molecule has 0 amide bonds. The number of aryl methyl sites for hydroxylation is 1. The van der Waals surface area contributed by atoms with E-state index in [4.69, 9.17) is 0 Å². The van der Waals surface area contributed by atoms with Gasteiger partial charge >= 0.3 is 21.2 Å². The smallest absolute Gasteiger partial charge is 0.358 e. The van der Waals surface area contributed by atoms with Gasteiger partial charge in [-0.25, -0.2) is 8.42 Å². The van der Waals surface area contributed by atoms with Gasteiger partial charge in [0.05, 0.1) is 4.90 Å². The summed E-state index contributed by atoms with van der Waals surface area (Å²) in [5, 5.41) is 2.76. The minimum atomic E-state index is -4.27. The molecule has 0 fully saturated rings. The summed E-state index contributed by atoms with van der Waals surface area (Å²) in [4.78, 5) is -0.178. The van der Waals surface area contributed by atoms with Gasteiger partial charge in [0.1, 0.15) is 10.1 Å². The molecule has 0 aliphatic rings. The second kappa shape index (κ2) is 9.32. The van der Waals surface area contributed by atoms with Crippen molar-refractivity contribution in [3.8, 4) is 0 Å². The Bertz CT molecular complexity index is 1150. The van der Waals surface area contributed by atoms with Crippen LogP contribution >= 0.6 is 0 Å². The molecule has 5 heteroatoms. The van der Waals surface area contributed by atoms with E-state index in [-0.39, 0.29) is 26.1 Å². The third kappa shape index (κ3) is 5.64. The molecule has 4 aromatic rings. The zero-order valence-electron chi connectivity index (χ0n) is 15.2. The largest absolute Gasteiger partial charge is 0.744 e. The molecule has 0 heterocycles. The van der Waals surface area contributed by atoms with E-state index in [1.165, 1.54) is 30.0 Å². The van der Waals surface area contributed by atoms with Crippen molar-refractivity contribution in [3.05, 3.63) is 110 Å². The molecule has 3 nitrogen and oxygen atoms in total. The van der Waals surface area contributed by atoms with Gasteiger partial charge in [-0.15, -0.1) is 0 Å². The standard InChI is InChI=1S/C16H12I.C7H8O3S/c1-2-9-14(10-3-1)17-16-12-6-8-13-7-4-5-11-15(13)16;1-6-2-4-7(5-3-6)11(8,9)10/h1-12H;2-5H,1H3,(H,8,9,10)/q+1;/p-1. The number of hydrogen-bond donors (Lipinski definition) is 0. The second-order valence-corrected chi connectivity index (χ2v) is 10.4. The van der Waals surface area contributed by atoms with Gasteiger partial charge in [0.25, 0.3) is 0 Å². The fraction of sp³-hybridized carbons (Fsp3) is 0.0435. The normalized spacial score (nSPS) is 10.9. The lowest BCUT2D eigenvalue weighted by Gasteiger charge is -2.05. The zero-order chi connectivity index (χ0) is 20.0. The Kier molecular flexibility index (Phi) is 6.83. The van der Waals surface area contributed by atoms with E-state index in [2.05, 4.69) is 72.8 Å². The first-order chi connectivity index (χ1) is 13.4. The average molecular weight is 502 g/mol. The third-order valence-corrected chi connectivity index (χ3v) is 7.70. The van der Waals surface area contributed by atoms with Crippen LogP contribution in [0.1, 0.15) is 5.56 Å². The maximum absolute atomic E-state index is 10.4. The van der Waals surface area contributed by atoms with Crippen LogP contribution in [-0.2, 0) is 10.1 Å². The van der Waals surface area contributed by atoms with Crippen LogP contribution in [0.15, 0.2) is 102 Å². The van der Waals surface area contributed by atoms with E-state index < -0.39 is 10.1 Å². The summed E-state index contributed by atoms with van der Waals surface area (Å²) in [5.41, 5.74) is 0.928. The Hall–Kier alpha value is -2.22. The third-order valence-electron chi connectivity index (χ3n) is 3.99. The molecule has 0 radical (unpaired) electrons. The highest BCUT2D eigenvalue weighted by atomic mass is 127. The lowest BCUT2D eigenvalue weighted by atomic mass is 10.1. The van der Waals surface area contributed by atoms with E-state index in [9.17, 15) is 13.0 Å². The molecule has 0 aliphatic carbocycles. The molecule has 4 aromatic carbocycles. The quantitative estimate of drug-likeness (QED) is 0.318. The van der Waals surface area contributed by atoms with Gasteiger partial charge in [-0.1, -0.05) is 66.2 Å². The molecule has 0 aliphatic heterocycles. The maximum atomic E-state index is 10.4. The van der Waals surface area contributed by atoms with Crippen LogP contribution in [0.3, 0.4) is 0 Å². The lowest BCUT2D eigenvalue weighted by molar-refractivity contribution is -0.595. The molecule has 0 bridgehead atoms. The van der Waals surface area contributed by atoms with E-state index >= 15 is 0 Å². The Morgan fingerprint density at radius 1 is 0.714 bits per heavy atom. The van der Waals surface area contributed by atoms with Crippen molar-refractivity contribution in [1.82, 2.24) is 0 Å². The van der Waals surface area contributed by atoms with Gasteiger partial charge in [0.15, 0.2) is 3.57 Å². The summed E-state index contributed by atoms with van der Waals surface area (Å²) in [6.07, 6.45) is 0. The minimum absolute atomic E-state index is 0.0735. The van der Waals surface area contributed by atoms with E-state index in [1.54, 1.807) is 12.1 Å². The van der Waals surface area contributed by atoms with Crippen LogP contribution in [0.4, 0.5) is 0 Å². The Labute approximate surface area is 176 Å². The topological polar surface area (TPSA) is 57.2 Å². The van der Waals surface area contributed by atoms with Crippen molar-refractivity contribution in [3.63, 3.8) is 0 Å². The molecule has 0 saturated heterocycles. The summed E-state index contributed by atoms with van der Waals surface area (Å²) >= 11 is -0.0735. The van der Waals surface area contributed by atoms with Crippen molar-refractivity contribution in [2.45, 2.75) is 11.8 Å². The number of benzene rings is 4. The summed E-state index contributed by atoms with van der Waals surface area (Å²) in [6.45, 7) is 1.82. The van der Waals surface area contributed by atoms with Gasteiger partial charge in [0, 0.05) is 5.39 Å². The molecule has 0 unspecified atom stereocenters. The maximum Gasteiger partial charge on any atom is 0.358 e. The van der Waals surface area contributed by atoms with E-state index in [0.717, 1.165) is 5.56 Å². The van der Waals surface area contributed by atoms with Gasteiger partial charge in [-0.05, 0) is 48.7 Å². The van der Waals surface area contributed by atoms with Crippen molar-refractivity contribution >= 4 is 20.9 Å². The molecule has 142 valence electrons. The molecule has 4 rings (SSSR count). The molecule has 0 spiro atoms. The summed E-state index contributed by atoms with van der Waals surface area (Å²) in [5.74, 6) is 0. The number of rotatable bonds is 3. The number of hydrogen-bond acceptors (Lipinski definition) is 3. The van der Waals surface area contributed by atoms with Gasteiger partial charge in [0.2, 0.25) is 3.57 Å². The van der Waals surface area contributed by atoms with E-state index in [1.807, 2.05) is 6.92 Å². The Morgan fingerprint density at radius 2 is 1.32 bits per heavy atom. The van der Waals surface area contributed by atoms with E-state index in [0.29, 0.717) is 0 Å². The highest BCUT2D eigenvalue weighted by molar-refractivity contribution is 7.85. The van der Waals surface area contributed by atoms with Gasteiger partial charge in [-0.3, -0.25) is 0 Å². The van der Waals surface area contributed by atoms with Crippen LogP contribution in [0.5, 0.6) is 0 Å². The Morgan fingerprint density at radius 3 is 2.00 bits per heavy atom. The second-order valence-electron chi connectivity index (χ2n) is 6.12. The summed E-state index contributed by atoms with van der Waals surface area (Å²) in [6, 6.07) is 31.8. The van der Waals surface area contributed by atoms with Crippen molar-refractivity contribution in [1.29, 1.82) is 0 Å². The lowest BCUT2D eigenvalue weighted by Crippen LogP contribution is -3.61. The van der Waals surface area contributed by atoms with Gasteiger partial charge in [-0.2, -0.15) is 0 Å². The summed E-state index contributed by atoms with van der Waals surface area (Å²) in [7, 11) is -4.27. The van der Waals surface area contributed by atoms with Crippen LogP contribution < -0.4 is 21.2 Å². The summed E-state index contributed by atoms with van der Waals surface area (Å²) < 4.78 is 34.1. The molecule has 0 saturated carbocycles. The predicted octanol–water partition coefficient (Wildman–Crippen LogP) is 1.87. The fourth-order valence-corrected chi connectivity index (χ4v) is 5.65. The molecule has 28 heavy (non-hydrogen) atoms. The van der Waals surface area contributed by atoms with Gasteiger partial charge < -0.3 is 4.55 Å². The SMILES string of the molecule is Cc1ccc(S(=O)(=O)[O-])cc1.c1ccc([I+]c2cccc3ccccc23)cc1. The predicted molar refractivity (Wildman–Crippen MR) is 107 cm³/mol. The van der Waals surface area contributed by atoms with Crippen LogP contribution in [0, 0.1) is 14.1 Å². The first kappa shape index (κ1) is 20.5. The average Bonchev–Trinajstić information content (AvgIpc) is 2.69. The fourth-order valence-electron chi connectivity index (χ4n) is 2.57. The first-order valence-corrected chi connectivity index (χ1v) is 12.2. The van der Waals surface area contributed by atoms with Crippen molar-refractivity contribution in [2.24, 2.45) is 0 Å². The first-order valence-electron chi connectivity index (χ1n) is 8.64. The molecular formula is C23H19IO3S. The molecule has 0 N–H and O–H groups in total. The van der Waals surface area contributed by atoms with Crippen LogP contribution in [-0.4, -0.2) is 13.0 Å².